The zero-order valence-corrected chi connectivity index (χ0v) is 13.0. The molecule has 1 aromatic carbocycles. The smallest absolute Gasteiger partial charge is 0.239 e. The molecule has 1 aromatic rings. The predicted octanol–water partition coefficient (Wildman–Crippen LogP) is 2.03. The van der Waals surface area contributed by atoms with Crippen LogP contribution in [0.2, 0.25) is 5.02 Å². The Morgan fingerprint density at radius 2 is 2.15 bits per heavy atom. The average molecular weight is 317 g/mol. The Kier molecular flexibility index (Phi) is 5.74. The standard InChI is InChI=1S/C13H17ClN2O3S/c1-4-7-16(20(3,18)19)9-13(17)15-12-6-5-11(14)8-10(12)2/h4-6,8H,1,7,9H2,2-3H3,(H,15,17). The summed E-state index contributed by atoms with van der Waals surface area (Å²) in [6.07, 6.45) is 2.49. The van der Waals surface area contributed by atoms with E-state index < -0.39 is 15.9 Å². The minimum absolute atomic E-state index is 0.0891. The molecule has 0 fully saturated rings. The maximum absolute atomic E-state index is 11.9. The zero-order chi connectivity index (χ0) is 15.3. The fourth-order valence-corrected chi connectivity index (χ4v) is 2.53. The van der Waals surface area contributed by atoms with Crippen LogP contribution in [0.3, 0.4) is 0 Å². The van der Waals surface area contributed by atoms with Crippen LogP contribution in [0.25, 0.3) is 0 Å². The monoisotopic (exact) mass is 316 g/mol. The lowest BCUT2D eigenvalue weighted by molar-refractivity contribution is -0.116. The van der Waals surface area contributed by atoms with Gasteiger partial charge in [0.15, 0.2) is 0 Å². The molecule has 1 amide bonds. The number of aryl methyl sites for hydroxylation is 1. The third-order valence-corrected chi connectivity index (χ3v) is 4.04. The SMILES string of the molecule is C=CCN(CC(=O)Nc1ccc(Cl)cc1C)S(C)(=O)=O. The Balaban J connectivity index is 2.78. The van der Waals surface area contributed by atoms with Crippen molar-refractivity contribution in [3.05, 3.63) is 41.4 Å². The molecular formula is C13H17ClN2O3S. The van der Waals surface area contributed by atoms with E-state index in [9.17, 15) is 13.2 Å². The minimum atomic E-state index is -3.45. The second-order valence-corrected chi connectivity index (χ2v) is 6.77. The summed E-state index contributed by atoms with van der Waals surface area (Å²) >= 11 is 5.83. The highest BCUT2D eigenvalue weighted by Crippen LogP contribution is 2.19. The predicted molar refractivity (Wildman–Crippen MR) is 81.4 cm³/mol. The first-order valence-electron chi connectivity index (χ1n) is 5.86. The summed E-state index contributed by atoms with van der Waals surface area (Å²) in [7, 11) is -3.45. The quantitative estimate of drug-likeness (QED) is 0.817. The Hall–Kier alpha value is -1.37. The van der Waals surface area contributed by atoms with Crippen molar-refractivity contribution in [2.45, 2.75) is 6.92 Å². The number of rotatable bonds is 6. The van der Waals surface area contributed by atoms with E-state index >= 15 is 0 Å². The summed E-state index contributed by atoms with van der Waals surface area (Å²) in [4.78, 5) is 11.9. The summed E-state index contributed by atoms with van der Waals surface area (Å²) in [6.45, 7) is 5.11. The van der Waals surface area contributed by atoms with E-state index in [0.717, 1.165) is 16.1 Å². The van der Waals surface area contributed by atoms with Crippen molar-refractivity contribution in [2.24, 2.45) is 0 Å². The van der Waals surface area contributed by atoms with Crippen LogP contribution in [0.15, 0.2) is 30.9 Å². The number of carbonyl (C=O) groups is 1. The molecule has 0 radical (unpaired) electrons. The maximum atomic E-state index is 11.9. The number of sulfonamides is 1. The van der Waals surface area contributed by atoms with Gasteiger partial charge < -0.3 is 5.32 Å². The van der Waals surface area contributed by atoms with Gasteiger partial charge in [-0.3, -0.25) is 4.79 Å². The molecule has 1 rings (SSSR count). The van der Waals surface area contributed by atoms with Crippen LogP contribution in [0, 0.1) is 6.92 Å². The third-order valence-electron chi connectivity index (χ3n) is 2.58. The highest BCUT2D eigenvalue weighted by Gasteiger charge is 2.19. The van der Waals surface area contributed by atoms with E-state index in [4.69, 9.17) is 11.6 Å². The lowest BCUT2D eigenvalue weighted by atomic mass is 10.2. The summed E-state index contributed by atoms with van der Waals surface area (Å²) < 4.78 is 24.0. The number of nitrogens with zero attached hydrogens (tertiary/aromatic N) is 1. The van der Waals surface area contributed by atoms with Gasteiger partial charge in [0.25, 0.3) is 0 Å². The zero-order valence-electron chi connectivity index (χ0n) is 11.4. The average Bonchev–Trinajstić information content (AvgIpc) is 2.31. The number of amides is 1. The Morgan fingerprint density at radius 3 is 2.65 bits per heavy atom. The van der Waals surface area contributed by atoms with Gasteiger partial charge in [-0.2, -0.15) is 4.31 Å². The normalized spacial score (nSPS) is 11.4. The van der Waals surface area contributed by atoms with E-state index in [1.807, 2.05) is 0 Å². The Morgan fingerprint density at radius 1 is 1.50 bits per heavy atom. The molecule has 0 bridgehead atoms. The fourth-order valence-electron chi connectivity index (χ4n) is 1.58. The molecule has 1 N–H and O–H groups in total. The van der Waals surface area contributed by atoms with Gasteiger partial charge >= 0.3 is 0 Å². The first kappa shape index (κ1) is 16.7. The van der Waals surface area contributed by atoms with Gasteiger partial charge in [-0.15, -0.1) is 6.58 Å². The lowest BCUT2D eigenvalue weighted by Crippen LogP contribution is -2.37. The molecule has 0 aliphatic rings. The molecule has 0 saturated carbocycles. The summed E-state index contributed by atoms with van der Waals surface area (Å²) in [5.41, 5.74) is 1.41. The van der Waals surface area contributed by atoms with Gasteiger partial charge in [0.05, 0.1) is 12.8 Å². The van der Waals surface area contributed by atoms with Crippen molar-refractivity contribution >= 4 is 33.2 Å². The van der Waals surface area contributed by atoms with Gasteiger partial charge in [0, 0.05) is 17.3 Å². The third kappa shape index (κ3) is 4.96. The Bertz CT molecular complexity index is 614. The van der Waals surface area contributed by atoms with Gasteiger partial charge in [-0.1, -0.05) is 17.7 Å². The van der Waals surface area contributed by atoms with Crippen LogP contribution in [0.1, 0.15) is 5.56 Å². The molecule has 0 atom stereocenters. The van der Waals surface area contributed by atoms with E-state index in [0.29, 0.717) is 10.7 Å². The number of carbonyl (C=O) groups excluding carboxylic acids is 1. The summed E-state index contributed by atoms with van der Waals surface area (Å²) in [5, 5.41) is 3.23. The lowest BCUT2D eigenvalue weighted by Gasteiger charge is -2.18. The number of anilines is 1. The second kappa shape index (κ2) is 6.88. The fraction of sp³-hybridized carbons (Fsp3) is 0.308. The number of halogens is 1. The minimum Gasteiger partial charge on any atom is -0.325 e. The van der Waals surface area contributed by atoms with Crippen molar-refractivity contribution in [1.29, 1.82) is 0 Å². The molecule has 0 aliphatic heterocycles. The van der Waals surface area contributed by atoms with Gasteiger partial charge in [-0.05, 0) is 30.7 Å². The summed E-state index contributed by atoms with van der Waals surface area (Å²) in [5.74, 6) is -0.414. The molecule has 7 heteroatoms. The van der Waals surface area contributed by atoms with Crippen molar-refractivity contribution in [1.82, 2.24) is 4.31 Å². The first-order valence-corrected chi connectivity index (χ1v) is 8.08. The van der Waals surface area contributed by atoms with E-state index in [-0.39, 0.29) is 13.1 Å². The molecule has 0 aromatic heterocycles. The van der Waals surface area contributed by atoms with Crippen LogP contribution in [0.5, 0.6) is 0 Å². The van der Waals surface area contributed by atoms with Crippen molar-refractivity contribution in [3.8, 4) is 0 Å². The number of nitrogens with one attached hydrogen (secondary N) is 1. The van der Waals surface area contributed by atoms with Gasteiger partial charge in [0.2, 0.25) is 15.9 Å². The highest BCUT2D eigenvalue weighted by molar-refractivity contribution is 7.88. The molecule has 0 saturated heterocycles. The number of hydrogen-bond acceptors (Lipinski definition) is 3. The van der Waals surface area contributed by atoms with E-state index in [1.165, 1.54) is 6.08 Å². The van der Waals surface area contributed by atoms with Crippen molar-refractivity contribution in [2.75, 3.05) is 24.7 Å². The van der Waals surface area contributed by atoms with Gasteiger partial charge in [0.1, 0.15) is 0 Å². The number of benzene rings is 1. The van der Waals surface area contributed by atoms with E-state index in [1.54, 1.807) is 25.1 Å². The summed E-state index contributed by atoms with van der Waals surface area (Å²) in [6, 6.07) is 5.05. The van der Waals surface area contributed by atoms with Crippen molar-refractivity contribution in [3.63, 3.8) is 0 Å². The Labute approximate surface area is 124 Å². The molecule has 0 spiro atoms. The van der Waals surface area contributed by atoms with Crippen molar-refractivity contribution < 1.29 is 13.2 Å². The molecule has 110 valence electrons. The molecule has 0 aliphatic carbocycles. The van der Waals surface area contributed by atoms with E-state index in [2.05, 4.69) is 11.9 Å². The van der Waals surface area contributed by atoms with Gasteiger partial charge in [-0.25, -0.2) is 8.42 Å². The number of hydrogen-bond donors (Lipinski definition) is 1. The molecular weight excluding hydrogens is 300 g/mol. The molecule has 0 heterocycles. The molecule has 0 unspecified atom stereocenters. The van der Waals surface area contributed by atoms with Crippen LogP contribution >= 0.6 is 11.6 Å². The van der Waals surface area contributed by atoms with Crippen LogP contribution < -0.4 is 5.32 Å². The highest BCUT2D eigenvalue weighted by atomic mass is 35.5. The van der Waals surface area contributed by atoms with Crippen LogP contribution in [0.4, 0.5) is 5.69 Å². The molecule has 5 nitrogen and oxygen atoms in total. The second-order valence-electron chi connectivity index (χ2n) is 4.35. The largest absolute Gasteiger partial charge is 0.325 e. The topological polar surface area (TPSA) is 66.5 Å². The maximum Gasteiger partial charge on any atom is 0.239 e. The molecule has 20 heavy (non-hydrogen) atoms. The van der Waals surface area contributed by atoms with Crippen LogP contribution in [-0.4, -0.2) is 38.0 Å². The van der Waals surface area contributed by atoms with Crippen LogP contribution in [-0.2, 0) is 14.8 Å². The first-order chi connectivity index (χ1) is 9.24.